The number of hydrogen-bond donors (Lipinski definition) is 3. The minimum absolute atomic E-state index is 0.318. The minimum atomic E-state index is -1.17. The van der Waals surface area contributed by atoms with Crippen LogP contribution in [0.2, 0.25) is 0 Å². The second-order valence-electron chi connectivity index (χ2n) is 3.27. The zero-order valence-electron chi connectivity index (χ0n) is 8.17. The van der Waals surface area contributed by atoms with Gasteiger partial charge in [-0.25, -0.2) is 0 Å². The maximum Gasteiger partial charge on any atom is 0.107 e. The van der Waals surface area contributed by atoms with E-state index in [0.717, 1.165) is 5.56 Å². The van der Waals surface area contributed by atoms with Crippen LogP contribution in [0.1, 0.15) is 17.2 Å². The van der Waals surface area contributed by atoms with Crippen molar-refractivity contribution in [3.63, 3.8) is 0 Å². The summed E-state index contributed by atoms with van der Waals surface area (Å²) in [6.45, 7) is -0.485. The van der Waals surface area contributed by atoms with E-state index in [9.17, 15) is 10.2 Å². The highest BCUT2D eigenvalue weighted by molar-refractivity contribution is 5.26. The Hall–Kier alpha value is -1.41. The molecule has 0 saturated heterocycles. The van der Waals surface area contributed by atoms with E-state index in [2.05, 4.69) is 0 Å². The van der Waals surface area contributed by atoms with Gasteiger partial charge in [0.25, 0.3) is 0 Å². The van der Waals surface area contributed by atoms with Gasteiger partial charge in [-0.2, -0.15) is 5.26 Å². The van der Waals surface area contributed by atoms with Gasteiger partial charge in [0.05, 0.1) is 19.1 Å². The van der Waals surface area contributed by atoms with Crippen molar-refractivity contribution in [1.82, 2.24) is 0 Å². The number of aliphatic hydroxyl groups excluding tert-OH is 3. The molecule has 1 aromatic rings. The second kappa shape index (κ2) is 5.47. The van der Waals surface area contributed by atoms with Gasteiger partial charge in [0.2, 0.25) is 0 Å². The van der Waals surface area contributed by atoms with E-state index in [1.54, 1.807) is 24.3 Å². The molecule has 15 heavy (non-hydrogen) atoms. The van der Waals surface area contributed by atoms with Gasteiger partial charge in [-0.3, -0.25) is 0 Å². The monoisotopic (exact) mass is 207 g/mol. The lowest BCUT2D eigenvalue weighted by Gasteiger charge is -2.15. The van der Waals surface area contributed by atoms with E-state index in [0.29, 0.717) is 12.0 Å². The van der Waals surface area contributed by atoms with Gasteiger partial charge in [-0.15, -0.1) is 0 Å². The third-order valence-electron chi connectivity index (χ3n) is 2.16. The van der Waals surface area contributed by atoms with Gasteiger partial charge in [0.15, 0.2) is 0 Å². The molecule has 4 heteroatoms. The van der Waals surface area contributed by atoms with Gasteiger partial charge in [-0.1, -0.05) is 24.3 Å². The molecule has 4 nitrogen and oxygen atoms in total. The highest BCUT2D eigenvalue weighted by atomic mass is 16.4. The number of nitrogens with zero attached hydrogens (tertiary/aromatic N) is 1. The smallest absolute Gasteiger partial charge is 0.107 e. The first-order chi connectivity index (χ1) is 7.19. The third kappa shape index (κ3) is 3.03. The largest absolute Gasteiger partial charge is 0.394 e. The second-order valence-corrected chi connectivity index (χ2v) is 3.27. The van der Waals surface area contributed by atoms with E-state index < -0.39 is 18.8 Å². The van der Waals surface area contributed by atoms with Crippen LogP contribution >= 0.6 is 0 Å². The lowest BCUT2D eigenvalue weighted by atomic mass is 10.0. The first-order valence-electron chi connectivity index (χ1n) is 4.61. The van der Waals surface area contributed by atoms with Crippen LogP contribution in [0.25, 0.3) is 0 Å². The van der Waals surface area contributed by atoms with Gasteiger partial charge >= 0.3 is 0 Å². The highest BCUT2D eigenvalue weighted by Gasteiger charge is 2.16. The van der Waals surface area contributed by atoms with Crippen molar-refractivity contribution in [3.05, 3.63) is 35.4 Å². The lowest BCUT2D eigenvalue weighted by molar-refractivity contribution is -0.0152. The van der Waals surface area contributed by atoms with E-state index in [4.69, 9.17) is 10.4 Å². The Morgan fingerprint density at radius 1 is 1.20 bits per heavy atom. The molecule has 1 aromatic carbocycles. The molecule has 0 bridgehead atoms. The summed E-state index contributed by atoms with van der Waals surface area (Å²) in [6.07, 6.45) is -1.95. The Morgan fingerprint density at radius 3 is 2.27 bits per heavy atom. The van der Waals surface area contributed by atoms with Gasteiger partial charge < -0.3 is 15.3 Å². The molecule has 2 atom stereocenters. The normalized spacial score (nSPS) is 14.3. The summed E-state index contributed by atoms with van der Waals surface area (Å²) in [5.74, 6) is 0. The van der Waals surface area contributed by atoms with Crippen molar-refractivity contribution in [2.24, 2.45) is 0 Å². The fourth-order valence-corrected chi connectivity index (χ4v) is 1.25. The molecule has 0 aliphatic heterocycles. The summed E-state index contributed by atoms with van der Waals surface area (Å²) in [6, 6.07) is 8.71. The molecule has 80 valence electrons. The van der Waals surface area contributed by atoms with Crippen LogP contribution in [-0.4, -0.2) is 28.0 Å². The van der Waals surface area contributed by atoms with Gasteiger partial charge in [0.1, 0.15) is 12.2 Å². The average molecular weight is 207 g/mol. The molecule has 0 radical (unpaired) electrons. The third-order valence-corrected chi connectivity index (χ3v) is 2.16. The minimum Gasteiger partial charge on any atom is -0.394 e. The van der Waals surface area contributed by atoms with Crippen molar-refractivity contribution in [2.45, 2.75) is 18.6 Å². The Bertz CT molecular complexity index is 342. The molecule has 0 spiro atoms. The molecule has 0 fully saturated rings. The Labute approximate surface area is 88.0 Å². The van der Waals surface area contributed by atoms with Crippen molar-refractivity contribution in [1.29, 1.82) is 5.26 Å². The van der Waals surface area contributed by atoms with Crippen molar-refractivity contribution >= 4 is 0 Å². The molecule has 0 heterocycles. The van der Waals surface area contributed by atoms with Crippen molar-refractivity contribution < 1.29 is 15.3 Å². The molecule has 0 aromatic heterocycles. The van der Waals surface area contributed by atoms with E-state index in [1.165, 1.54) is 0 Å². The van der Waals surface area contributed by atoms with Crippen LogP contribution in [0.3, 0.4) is 0 Å². The Morgan fingerprint density at radius 2 is 1.80 bits per heavy atom. The first-order valence-corrected chi connectivity index (χ1v) is 4.61. The molecule has 0 saturated carbocycles. The van der Waals surface area contributed by atoms with Crippen LogP contribution in [0.4, 0.5) is 0 Å². The zero-order chi connectivity index (χ0) is 11.3. The quantitative estimate of drug-likeness (QED) is 0.655. The summed E-state index contributed by atoms with van der Waals surface area (Å²) < 4.78 is 0. The fraction of sp³-hybridized carbons (Fsp3) is 0.364. The zero-order valence-corrected chi connectivity index (χ0v) is 8.17. The van der Waals surface area contributed by atoms with Crippen LogP contribution in [0.15, 0.2) is 24.3 Å². The van der Waals surface area contributed by atoms with E-state index >= 15 is 0 Å². The van der Waals surface area contributed by atoms with Crippen molar-refractivity contribution in [3.8, 4) is 6.07 Å². The number of rotatable bonds is 4. The summed E-state index contributed by atoms with van der Waals surface area (Å²) in [5.41, 5.74) is 1.38. The first kappa shape index (κ1) is 11.7. The van der Waals surface area contributed by atoms with Crippen LogP contribution in [0, 0.1) is 11.3 Å². The predicted octanol–water partition coefficient (Wildman–Crippen LogP) is 0.139. The molecular formula is C11H13NO3. The topological polar surface area (TPSA) is 84.5 Å². The molecule has 2 unspecified atom stereocenters. The van der Waals surface area contributed by atoms with E-state index in [-0.39, 0.29) is 0 Å². The van der Waals surface area contributed by atoms with Gasteiger partial charge in [0, 0.05) is 0 Å². The summed E-state index contributed by atoms with van der Waals surface area (Å²) in [7, 11) is 0. The maximum absolute atomic E-state index is 9.53. The number of benzene rings is 1. The molecule has 1 rings (SSSR count). The average Bonchev–Trinajstić information content (AvgIpc) is 2.28. The molecular weight excluding hydrogens is 194 g/mol. The Kier molecular flexibility index (Phi) is 4.25. The summed E-state index contributed by atoms with van der Waals surface area (Å²) in [5, 5.41) is 35.8. The van der Waals surface area contributed by atoms with Crippen LogP contribution in [0.5, 0.6) is 0 Å². The maximum atomic E-state index is 9.53. The molecule has 0 aliphatic carbocycles. The van der Waals surface area contributed by atoms with Crippen LogP contribution < -0.4 is 0 Å². The van der Waals surface area contributed by atoms with Crippen molar-refractivity contribution in [2.75, 3.05) is 6.61 Å². The molecule has 0 aliphatic rings. The number of hydrogen-bond acceptors (Lipinski definition) is 4. The lowest BCUT2D eigenvalue weighted by Crippen LogP contribution is -2.21. The summed E-state index contributed by atoms with van der Waals surface area (Å²) in [4.78, 5) is 0. The molecule has 3 N–H and O–H groups in total. The predicted molar refractivity (Wildman–Crippen MR) is 53.8 cm³/mol. The summed E-state index contributed by atoms with van der Waals surface area (Å²) >= 11 is 0. The van der Waals surface area contributed by atoms with E-state index in [1.807, 2.05) is 6.07 Å². The van der Waals surface area contributed by atoms with Crippen LogP contribution in [-0.2, 0) is 6.42 Å². The number of aliphatic hydroxyl groups is 3. The standard InChI is InChI=1S/C11H13NO3/c12-6-5-8-1-3-9(4-2-8)11(15)10(14)7-13/h1-4,10-11,13-15H,5,7H2. The number of nitriles is 1. The Balaban J connectivity index is 2.76. The SMILES string of the molecule is N#CCc1ccc(C(O)C(O)CO)cc1. The molecule has 0 amide bonds. The highest BCUT2D eigenvalue weighted by Crippen LogP contribution is 2.17. The fourth-order valence-electron chi connectivity index (χ4n) is 1.25. The van der Waals surface area contributed by atoms with Gasteiger partial charge in [-0.05, 0) is 11.1 Å².